The first kappa shape index (κ1) is 15.5. The van der Waals surface area contributed by atoms with Gasteiger partial charge in [-0.25, -0.2) is 13.2 Å². The van der Waals surface area contributed by atoms with Crippen LogP contribution in [0.2, 0.25) is 0 Å². The standard InChI is InChI=1S/C15H16O5S/c16-15(20-10-3-4-11-21(17,18)19)14-9-5-7-12-6-1-2-8-13(12)14/h1-2,5-9H,3-4,10-11H2,(H,17,18,19)/p-1. The molecule has 2 aromatic carbocycles. The number of benzene rings is 2. The maximum atomic E-state index is 12.0. The zero-order valence-corrected chi connectivity index (χ0v) is 12.1. The van der Waals surface area contributed by atoms with Gasteiger partial charge in [0.15, 0.2) is 0 Å². The predicted molar refractivity (Wildman–Crippen MR) is 78.0 cm³/mol. The van der Waals surface area contributed by atoms with Gasteiger partial charge in [0.25, 0.3) is 0 Å². The number of unbranched alkanes of at least 4 members (excludes halogenated alkanes) is 1. The highest BCUT2D eigenvalue weighted by Crippen LogP contribution is 2.19. The third-order valence-corrected chi connectivity index (χ3v) is 3.82. The number of esters is 1. The van der Waals surface area contributed by atoms with E-state index in [0.717, 1.165) is 10.8 Å². The van der Waals surface area contributed by atoms with E-state index in [1.54, 1.807) is 12.1 Å². The molecule has 5 nitrogen and oxygen atoms in total. The first-order valence-electron chi connectivity index (χ1n) is 6.56. The second-order valence-electron chi connectivity index (χ2n) is 4.63. The Morgan fingerprint density at radius 1 is 1.05 bits per heavy atom. The van der Waals surface area contributed by atoms with Crippen molar-refractivity contribution >= 4 is 26.9 Å². The molecule has 2 rings (SSSR count). The number of fused-ring (bicyclic) bond motifs is 1. The van der Waals surface area contributed by atoms with E-state index < -0.39 is 21.8 Å². The maximum absolute atomic E-state index is 12.0. The van der Waals surface area contributed by atoms with Crippen LogP contribution in [0.15, 0.2) is 42.5 Å². The number of hydrogen-bond acceptors (Lipinski definition) is 5. The third-order valence-electron chi connectivity index (χ3n) is 3.03. The van der Waals surface area contributed by atoms with Crippen LogP contribution in [0.25, 0.3) is 10.8 Å². The zero-order chi connectivity index (χ0) is 15.3. The van der Waals surface area contributed by atoms with Gasteiger partial charge < -0.3 is 9.29 Å². The minimum Gasteiger partial charge on any atom is -0.748 e. The van der Waals surface area contributed by atoms with Crippen molar-refractivity contribution in [2.45, 2.75) is 12.8 Å². The van der Waals surface area contributed by atoms with Gasteiger partial charge in [0.05, 0.1) is 22.3 Å². The lowest BCUT2D eigenvalue weighted by molar-refractivity contribution is 0.0502. The van der Waals surface area contributed by atoms with Gasteiger partial charge in [0.1, 0.15) is 0 Å². The molecule has 0 heterocycles. The van der Waals surface area contributed by atoms with E-state index in [1.807, 2.05) is 30.3 Å². The normalized spacial score (nSPS) is 11.5. The minimum absolute atomic E-state index is 0.0948. The topological polar surface area (TPSA) is 83.5 Å². The van der Waals surface area contributed by atoms with Crippen LogP contribution in [0.5, 0.6) is 0 Å². The van der Waals surface area contributed by atoms with Crippen molar-refractivity contribution in [3.05, 3.63) is 48.0 Å². The molecule has 0 aliphatic carbocycles. The molecule has 2 aromatic rings. The van der Waals surface area contributed by atoms with Crippen LogP contribution < -0.4 is 0 Å². The van der Waals surface area contributed by atoms with Crippen molar-refractivity contribution in [3.8, 4) is 0 Å². The van der Waals surface area contributed by atoms with E-state index in [4.69, 9.17) is 4.74 Å². The lowest BCUT2D eigenvalue weighted by atomic mass is 10.1. The average molecular weight is 307 g/mol. The molecule has 0 aliphatic heterocycles. The van der Waals surface area contributed by atoms with Crippen LogP contribution in [0.3, 0.4) is 0 Å². The Kier molecular flexibility index (Phi) is 4.93. The molecule has 0 spiro atoms. The van der Waals surface area contributed by atoms with E-state index in [9.17, 15) is 17.8 Å². The lowest BCUT2D eigenvalue weighted by Crippen LogP contribution is -2.09. The Morgan fingerprint density at radius 3 is 2.52 bits per heavy atom. The molecule has 0 saturated heterocycles. The van der Waals surface area contributed by atoms with Gasteiger partial charge in [0, 0.05) is 5.75 Å². The largest absolute Gasteiger partial charge is 0.748 e. The monoisotopic (exact) mass is 307 g/mol. The summed E-state index contributed by atoms with van der Waals surface area (Å²) in [5.74, 6) is -0.879. The Morgan fingerprint density at radius 2 is 1.76 bits per heavy atom. The predicted octanol–water partition coefficient (Wildman–Crippen LogP) is 2.32. The van der Waals surface area contributed by atoms with Gasteiger partial charge >= 0.3 is 5.97 Å². The first-order chi connectivity index (χ1) is 9.97. The third kappa shape index (κ3) is 4.54. The molecule has 6 heteroatoms. The van der Waals surface area contributed by atoms with Gasteiger partial charge in [-0.05, 0) is 29.7 Å². The van der Waals surface area contributed by atoms with Crippen molar-refractivity contribution in [2.75, 3.05) is 12.4 Å². The van der Waals surface area contributed by atoms with Crippen molar-refractivity contribution < 1.29 is 22.5 Å². The molecule has 0 bridgehead atoms. The van der Waals surface area contributed by atoms with Crippen molar-refractivity contribution in [3.63, 3.8) is 0 Å². The van der Waals surface area contributed by atoms with E-state index in [2.05, 4.69) is 0 Å². The Labute approximate surface area is 123 Å². The number of carbonyl (C=O) groups is 1. The van der Waals surface area contributed by atoms with Gasteiger partial charge in [0.2, 0.25) is 0 Å². The molecule has 0 aliphatic rings. The van der Waals surface area contributed by atoms with Gasteiger partial charge in [-0.2, -0.15) is 0 Å². The number of rotatable bonds is 6. The summed E-state index contributed by atoms with van der Waals surface area (Å²) in [5, 5.41) is 1.76. The van der Waals surface area contributed by atoms with Crippen LogP contribution in [0.1, 0.15) is 23.2 Å². The summed E-state index contributed by atoms with van der Waals surface area (Å²) in [6.07, 6.45) is 0.534. The molecule has 0 N–H and O–H groups in total. The summed E-state index contributed by atoms with van der Waals surface area (Å²) in [4.78, 5) is 12.0. The maximum Gasteiger partial charge on any atom is 0.338 e. The van der Waals surface area contributed by atoms with E-state index in [1.165, 1.54) is 0 Å². The Hall–Kier alpha value is -1.92. The fourth-order valence-electron chi connectivity index (χ4n) is 2.03. The molecule has 0 aromatic heterocycles. The Balaban J connectivity index is 1.94. The van der Waals surface area contributed by atoms with Crippen LogP contribution >= 0.6 is 0 Å². The highest BCUT2D eigenvalue weighted by molar-refractivity contribution is 7.85. The van der Waals surface area contributed by atoms with Crippen molar-refractivity contribution in [2.24, 2.45) is 0 Å². The molecule has 0 radical (unpaired) electrons. The molecule has 0 atom stereocenters. The van der Waals surface area contributed by atoms with Crippen LogP contribution in [-0.4, -0.2) is 31.3 Å². The molecular weight excluding hydrogens is 292 g/mol. The Bertz CT molecular complexity index is 731. The lowest BCUT2D eigenvalue weighted by Gasteiger charge is -2.08. The number of hydrogen-bond donors (Lipinski definition) is 0. The molecule has 0 unspecified atom stereocenters. The van der Waals surface area contributed by atoms with Crippen LogP contribution in [0.4, 0.5) is 0 Å². The molecular formula is C15H15O5S-. The summed E-state index contributed by atoms with van der Waals surface area (Å²) in [7, 11) is -4.20. The highest BCUT2D eigenvalue weighted by atomic mass is 32.2. The van der Waals surface area contributed by atoms with E-state index >= 15 is 0 Å². The quantitative estimate of drug-likeness (QED) is 0.464. The van der Waals surface area contributed by atoms with Gasteiger partial charge in [-0.3, -0.25) is 0 Å². The average Bonchev–Trinajstić information content (AvgIpc) is 2.45. The zero-order valence-electron chi connectivity index (χ0n) is 11.3. The molecule has 21 heavy (non-hydrogen) atoms. The smallest absolute Gasteiger partial charge is 0.338 e. The first-order valence-corrected chi connectivity index (χ1v) is 8.13. The highest BCUT2D eigenvalue weighted by Gasteiger charge is 2.10. The molecule has 0 saturated carbocycles. The second kappa shape index (κ2) is 6.69. The molecule has 0 fully saturated rings. The fraction of sp³-hybridized carbons (Fsp3) is 0.267. The second-order valence-corrected chi connectivity index (χ2v) is 6.16. The van der Waals surface area contributed by atoms with Gasteiger partial charge in [-0.1, -0.05) is 36.4 Å². The minimum atomic E-state index is -4.20. The summed E-state index contributed by atoms with van der Waals surface area (Å²) in [5.41, 5.74) is 0.476. The SMILES string of the molecule is O=C(OCCCCS(=O)(=O)[O-])c1cccc2ccccc12. The van der Waals surface area contributed by atoms with Gasteiger partial charge in [-0.15, -0.1) is 0 Å². The molecule has 112 valence electrons. The van der Waals surface area contributed by atoms with Crippen LogP contribution in [-0.2, 0) is 14.9 Å². The summed E-state index contributed by atoms with van der Waals surface area (Å²) < 4.78 is 36.4. The summed E-state index contributed by atoms with van der Waals surface area (Å²) >= 11 is 0. The number of carbonyl (C=O) groups excluding carboxylic acids is 1. The van der Waals surface area contributed by atoms with E-state index in [0.29, 0.717) is 12.0 Å². The fourth-order valence-corrected chi connectivity index (χ4v) is 2.58. The van der Waals surface area contributed by atoms with Crippen molar-refractivity contribution in [1.29, 1.82) is 0 Å². The summed E-state index contributed by atoms with van der Waals surface area (Å²) in [6, 6.07) is 12.9. The van der Waals surface area contributed by atoms with E-state index in [-0.39, 0.29) is 13.0 Å². The molecule has 0 amide bonds. The number of ether oxygens (including phenoxy) is 1. The van der Waals surface area contributed by atoms with Crippen LogP contribution in [0, 0.1) is 0 Å². The summed E-state index contributed by atoms with van der Waals surface area (Å²) in [6.45, 7) is 0.0948. The van der Waals surface area contributed by atoms with Crippen molar-refractivity contribution in [1.82, 2.24) is 0 Å².